The molecule has 0 saturated heterocycles. The van der Waals surface area contributed by atoms with Crippen molar-refractivity contribution in [3.8, 4) is 0 Å². The molecule has 0 N–H and O–H groups in total. The van der Waals surface area contributed by atoms with E-state index >= 15 is 0 Å². The topological polar surface area (TPSA) is 9.23 Å². The van der Waals surface area contributed by atoms with Crippen molar-refractivity contribution in [3.63, 3.8) is 0 Å². The largest absolute Gasteiger partial charge is 0.497 e. The zero-order valence-electron chi connectivity index (χ0n) is 10.7. The van der Waals surface area contributed by atoms with Gasteiger partial charge in [0.1, 0.15) is 5.76 Å². The molecule has 0 fully saturated rings. The Kier molecular flexibility index (Phi) is 24.0. The van der Waals surface area contributed by atoms with Crippen molar-refractivity contribution < 1.29 is 4.74 Å². The highest BCUT2D eigenvalue weighted by atomic mass is 16.5. The molecule has 0 aliphatic heterocycles. The number of hydrogen-bond acceptors (Lipinski definition) is 1. The van der Waals surface area contributed by atoms with E-state index in [2.05, 4.69) is 20.1 Å². The van der Waals surface area contributed by atoms with Crippen LogP contribution in [0.2, 0.25) is 0 Å². The second-order valence-corrected chi connectivity index (χ2v) is 2.02. The Labute approximate surface area is 90.2 Å². The normalized spacial score (nSPS) is 7.86. The van der Waals surface area contributed by atoms with Crippen LogP contribution in [0.4, 0.5) is 0 Å². The van der Waals surface area contributed by atoms with Crippen LogP contribution in [-0.4, -0.2) is 7.11 Å². The van der Waals surface area contributed by atoms with Gasteiger partial charge in [-0.25, -0.2) is 0 Å². The first-order chi connectivity index (χ1) is 6.70. The molecule has 0 aromatic carbocycles. The summed E-state index contributed by atoms with van der Waals surface area (Å²) in [6, 6.07) is 0. The average molecular weight is 198 g/mol. The van der Waals surface area contributed by atoms with Gasteiger partial charge in [0.2, 0.25) is 0 Å². The molecule has 0 aromatic heterocycles. The third-order valence-corrected chi connectivity index (χ3v) is 1.22. The smallest absolute Gasteiger partial charge is 0.111 e. The van der Waals surface area contributed by atoms with Gasteiger partial charge >= 0.3 is 0 Å². The highest BCUT2D eigenvalue weighted by Gasteiger charge is 1.83. The fourth-order valence-corrected chi connectivity index (χ4v) is 0.397. The van der Waals surface area contributed by atoms with E-state index in [-0.39, 0.29) is 0 Å². The minimum atomic E-state index is 0.662. The molecule has 0 radical (unpaired) electrons. The SMILES string of the molecule is C=C(/C=C\C(=C)OC)CC.CC.CC. The molecule has 84 valence electrons. The molecule has 0 unspecified atom stereocenters. The van der Waals surface area contributed by atoms with Crippen LogP contribution in [-0.2, 0) is 4.74 Å². The van der Waals surface area contributed by atoms with Crippen LogP contribution in [0, 0.1) is 0 Å². The second-order valence-electron chi connectivity index (χ2n) is 2.02. The van der Waals surface area contributed by atoms with Crippen molar-refractivity contribution in [2.75, 3.05) is 7.11 Å². The molecule has 0 spiro atoms. The number of allylic oxidation sites excluding steroid dienone is 3. The first kappa shape index (κ1) is 18.7. The van der Waals surface area contributed by atoms with Crippen LogP contribution < -0.4 is 0 Å². The summed E-state index contributed by atoms with van der Waals surface area (Å²) in [7, 11) is 1.60. The van der Waals surface area contributed by atoms with Crippen molar-refractivity contribution >= 4 is 0 Å². The quantitative estimate of drug-likeness (QED) is 0.469. The van der Waals surface area contributed by atoms with E-state index in [9.17, 15) is 0 Å². The number of methoxy groups -OCH3 is 1. The standard InChI is InChI=1S/C9H14O.2C2H6/c1-5-8(2)6-7-9(3)10-4;2*1-2/h6-7H,2-3,5H2,1,4H3;2*1-2H3/b7-6-;;. The fourth-order valence-electron chi connectivity index (χ4n) is 0.397. The van der Waals surface area contributed by atoms with Crippen LogP contribution in [0.5, 0.6) is 0 Å². The summed E-state index contributed by atoms with van der Waals surface area (Å²) in [4.78, 5) is 0. The summed E-state index contributed by atoms with van der Waals surface area (Å²) in [6.07, 6.45) is 4.69. The van der Waals surface area contributed by atoms with E-state index in [4.69, 9.17) is 4.74 Å². The van der Waals surface area contributed by atoms with Gasteiger partial charge in [0.15, 0.2) is 0 Å². The van der Waals surface area contributed by atoms with Gasteiger partial charge in [-0.05, 0) is 12.5 Å². The Morgan fingerprint density at radius 2 is 1.50 bits per heavy atom. The molecule has 0 aliphatic carbocycles. The Bertz CT molecular complexity index is 137. The Morgan fingerprint density at radius 3 is 1.79 bits per heavy atom. The molecule has 1 nitrogen and oxygen atoms in total. The van der Waals surface area contributed by atoms with E-state index in [1.165, 1.54) is 0 Å². The van der Waals surface area contributed by atoms with E-state index in [0.717, 1.165) is 12.0 Å². The van der Waals surface area contributed by atoms with E-state index in [0.29, 0.717) is 5.76 Å². The molecular formula is C13H26O. The van der Waals surface area contributed by atoms with Gasteiger partial charge in [0.05, 0.1) is 7.11 Å². The van der Waals surface area contributed by atoms with Crippen LogP contribution in [0.25, 0.3) is 0 Å². The molecule has 0 aromatic rings. The first-order valence-corrected chi connectivity index (χ1v) is 5.29. The Balaban J connectivity index is -0.000000266. The van der Waals surface area contributed by atoms with Gasteiger partial charge in [0.25, 0.3) is 0 Å². The zero-order chi connectivity index (χ0) is 12.0. The third-order valence-electron chi connectivity index (χ3n) is 1.22. The molecule has 0 bridgehead atoms. The van der Waals surface area contributed by atoms with Crippen LogP contribution in [0.3, 0.4) is 0 Å². The molecule has 0 atom stereocenters. The van der Waals surface area contributed by atoms with Crippen molar-refractivity contribution in [1.29, 1.82) is 0 Å². The van der Waals surface area contributed by atoms with Gasteiger partial charge in [-0.3, -0.25) is 0 Å². The summed E-state index contributed by atoms with van der Waals surface area (Å²) >= 11 is 0. The highest BCUT2D eigenvalue weighted by molar-refractivity contribution is 5.20. The molecule has 1 heteroatoms. The number of hydrogen-bond donors (Lipinski definition) is 0. The van der Waals surface area contributed by atoms with E-state index in [1.807, 2.05) is 39.8 Å². The van der Waals surface area contributed by atoms with E-state index in [1.54, 1.807) is 7.11 Å². The maximum absolute atomic E-state index is 4.82. The van der Waals surface area contributed by atoms with Crippen molar-refractivity contribution in [2.45, 2.75) is 41.0 Å². The van der Waals surface area contributed by atoms with Crippen LogP contribution in [0.1, 0.15) is 41.0 Å². The molecule has 0 rings (SSSR count). The third kappa shape index (κ3) is 17.2. The maximum Gasteiger partial charge on any atom is 0.111 e. The Hall–Kier alpha value is -0.980. The zero-order valence-corrected chi connectivity index (χ0v) is 10.7. The summed E-state index contributed by atoms with van der Waals surface area (Å²) in [5.41, 5.74) is 1.08. The van der Waals surface area contributed by atoms with Crippen LogP contribution in [0.15, 0.2) is 36.6 Å². The predicted molar refractivity (Wildman–Crippen MR) is 67.4 cm³/mol. The fraction of sp³-hybridized carbons (Fsp3) is 0.538. The van der Waals surface area contributed by atoms with Crippen molar-refractivity contribution in [3.05, 3.63) is 36.6 Å². The number of rotatable bonds is 4. The summed E-state index contributed by atoms with van der Waals surface area (Å²) in [5.74, 6) is 0.662. The summed E-state index contributed by atoms with van der Waals surface area (Å²) in [5, 5.41) is 0. The van der Waals surface area contributed by atoms with Gasteiger partial charge in [-0.1, -0.05) is 59.4 Å². The minimum Gasteiger partial charge on any atom is -0.497 e. The molecular weight excluding hydrogens is 172 g/mol. The average Bonchev–Trinajstić information content (AvgIpc) is 2.30. The highest BCUT2D eigenvalue weighted by Crippen LogP contribution is 2.01. The molecule has 0 amide bonds. The predicted octanol–water partition coefficient (Wildman–Crippen LogP) is 4.72. The maximum atomic E-state index is 4.82. The van der Waals surface area contributed by atoms with Gasteiger partial charge in [-0.2, -0.15) is 0 Å². The van der Waals surface area contributed by atoms with E-state index < -0.39 is 0 Å². The summed E-state index contributed by atoms with van der Waals surface area (Å²) in [6.45, 7) is 17.5. The monoisotopic (exact) mass is 198 g/mol. The van der Waals surface area contributed by atoms with Gasteiger partial charge in [-0.15, -0.1) is 0 Å². The van der Waals surface area contributed by atoms with Gasteiger partial charge < -0.3 is 4.74 Å². The number of ether oxygens (including phenoxy) is 1. The lowest BCUT2D eigenvalue weighted by molar-refractivity contribution is 0.309. The van der Waals surface area contributed by atoms with Gasteiger partial charge in [0, 0.05) is 0 Å². The first-order valence-electron chi connectivity index (χ1n) is 5.29. The lowest BCUT2D eigenvalue weighted by Crippen LogP contribution is -1.77. The molecule has 0 heterocycles. The second kappa shape index (κ2) is 17.9. The molecule has 14 heavy (non-hydrogen) atoms. The van der Waals surface area contributed by atoms with Crippen LogP contribution >= 0.6 is 0 Å². The summed E-state index contributed by atoms with van der Waals surface area (Å²) < 4.78 is 4.82. The lowest BCUT2D eigenvalue weighted by Gasteiger charge is -1.95. The molecule has 0 saturated carbocycles. The molecule has 0 aliphatic rings. The van der Waals surface area contributed by atoms with Crippen molar-refractivity contribution in [1.82, 2.24) is 0 Å². The Morgan fingerprint density at radius 1 is 1.07 bits per heavy atom. The van der Waals surface area contributed by atoms with Crippen molar-refractivity contribution in [2.24, 2.45) is 0 Å². The minimum absolute atomic E-state index is 0.662. The lowest BCUT2D eigenvalue weighted by atomic mass is 10.2.